The van der Waals surface area contributed by atoms with Crippen LogP contribution in [-0.2, 0) is 9.59 Å². The molecular formula is C20H27N3O2. The number of fused-ring (bicyclic) bond motifs is 1. The van der Waals surface area contributed by atoms with Crippen LogP contribution in [0.1, 0.15) is 30.0 Å². The molecule has 3 atom stereocenters. The number of hydrogen-bond donors (Lipinski definition) is 0. The minimum absolute atomic E-state index is 0.121. The molecule has 3 aliphatic rings. The number of nitrogens with zero attached hydrogens (tertiary/aromatic N) is 3. The van der Waals surface area contributed by atoms with Crippen molar-refractivity contribution in [2.75, 3.05) is 39.8 Å². The second kappa shape index (κ2) is 6.45. The third kappa shape index (κ3) is 2.95. The molecular weight excluding hydrogens is 314 g/mol. The van der Waals surface area contributed by atoms with Crippen LogP contribution in [0.15, 0.2) is 24.3 Å². The number of benzene rings is 1. The van der Waals surface area contributed by atoms with Gasteiger partial charge in [-0.15, -0.1) is 0 Å². The molecule has 0 saturated carbocycles. The fraction of sp³-hybridized carbons (Fsp3) is 0.600. The normalized spacial score (nSPS) is 29.5. The standard InChI is InChI=1S/C20H27N3O2/c1-14-6-3-4-7-16(14)20-17-12-23(11-15(17)10-21(20)2)19(25)13-22-9-5-8-18(22)24/h3-4,6-7,15,17,20H,5,8-13H2,1-2H3/t15-,17+,20+/m0/s1. The molecule has 134 valence electrons. The molecule has 3 fully saturated rings. The number of rotatable bonds is 3. The smallest absolute Gasteiger partial charge is 0.242 e. The summed E-state index contributed by atoms with van der Waals surface area (Å²) < 4.78 is 0. The summed E-state index contributed by atoms with van der Waals surface area (Å²) in [4.78, 5) is 30.6. The van der Waals surface area contributed by atoms with Crippen LogP contribution in [0.5, 0.6) is 0 Å². The lowest BCUT2D eigenvalue weighted by Gasteiger charge is -2.28. The van der Waals surface area contributed by atoms with E-state index in [9.17, 15) is 9.59 Å². The van der Waals surface area contributed by atoms with Crippen LogP contribution in [0.2, 0.25) is 0 Å². The van der Waals surface area contributed by atoms with Crippen LogP contribution >= 0.6 is 0 Å². The van der Waals surface area contributed by atoms with Gasteiger partial charge in [0.05, 0.1) is 6.54 Å². The summed E-state index contributed by atoms with van der Waals surface area (Å²) in [6, 6.07) is 8.99. The molecule has 5 nitrogen and oxygen atoms in total. The molecule has 1 aromatic rings. The van der Waals surface area contributed by atoms with Gasteiger partial charge in [0.1, 0.15) is 0 Å². The van der Waals surface area contributed by atoms with Crippen LogP contribution in [0.3, 0.4) is 0 Å². The highest BCUT2D eigenvalue weighted by Crippen LogP contribution is 2.44. The van der Waals surface area contributed by atoms with Crippen LogP contribution in [0.25, 0.3) is 0 Å². The molecule has 3 aliphatic heterocycles. The monoisotopic (exact) mass is 341 g/mol. The number of likely N-dealkylation sites (tertiary alicyclic amines) is 3. The molecule has 0 spiro atoms. The van der Waals surface area contributed by atoms with Gasteiger partial charge in [0.15, 0.2) is 0 Å². The highest BCUT2D eigenvalue weighted by Gasteiger charge is 2.47. The maximum Gasteiger partial charge on any atom is 0.242 e. The van der Waals surface area contributed by atoms with Crippen molar-refractivity contribution >= 4 is 11.8 Å². The third-order valence-corrected chi connectivity index (χ3v) is 6.25. The summed E-state index contributed by atoms with van der Waals surface area (Å²) in [5, 5.41) is 0. The topological polar surface area (TPSA) is 43.9 Å². The fourth-order valence-corrected chi connectivity index (χ4v) is 4.98. The van der Waals surface area contributed by atoms with Crippen LogP contribution in [0, 0.1) is 18.8 Å². The molecule has 3 heterocycles. The summed E-state index contributed by atoms with van der Waals surface area (Å²) >= 11 is 0. The first-order chi connectivity index (χ1) is 12.0. The predicted octanol–water partition coefficient (Wildman–Crippen LogP) is 1.68. The number of amides is 2. The van der Waals surface area contributed by atoms with Gasteiger partial charge in [-0.1, -0.05) is 24.3 Å². The average molecular weight is 341 g/mol. The summed E-state index contributed by atoms with van der Waals surface area (Å²) in [5.74, 6) is 1.28. The number of aryl methyl sites for hydroxylation is 1. The average Bonchev–Trinajstić information content (AvgIpc) is 3.23. The van der Waals surface area contributed by atoms with Crippen molar-refractivity contribution in [2.24, 2.45) is 11.8 Å². The quantitative estimate of drug-likeness (QED) is 0.840. The molecule has 25 heavy (non-hydrogen) atoms. The fourth-order valence-electron chi connectivity index (χ4n) is 4.98. The lowest BCUT2D eigenvalue weighted by molar-refractivity contribution is -0.138. The molecule has 0 radical (unpaired) electrons. The van der Waals surface area contributed by atoms with Crippen molar-refractivity contribution in [2.45, 2.75) is 25.8 Å². The van der Waals surface area contributed by atoms with E-state index in [1.807, 2.05) is 4.90 Å². The van der Waals surface area contributed by atoms with Crippen molar-refractivity contribution in [3.8, 4) is 0 Å². The first-order valence-electron chi connectivity index (χ1n) is 9.36. The van der Waals surface area contributed by atoms with E-state index >= 15 is 0 Å². The number of hydrogen-bond acceptors (Lipinski definition) is 3. The molecule has 0 unspecified atom stereocenters. The lowest BCUT2D eigenvalue weighted by atomic mass is 9.88. The third-order valence-electron chi connectivity index (χ3n) is 6.25. The van der Waals surface area contributed by atoms with E-state index in [1.54, 1.807) is 4.90 Å². The van der Waals surface area contributed by atoms with Crippen molar-refractivity contribution < 1.29 is 9.59 Å². The minimum atomic E-state index is 0.121. The Hall–Kier alpha value is -1.88. The van der Waals surface area contributed by atoms with Crippen molar-refractivity contribution in [3.63, 3.8) is 0 Å². The van der Waals surface area contributed by atoms with E-state index in [1.165, 1.54) is 11.1 Å². The number of carbonyl (C=O) groups is 2. The predicted molar refractivity (Wildman–Crippen MR) is 95.9 cm³/mol. The zero-order chi connectivity index (χ0) is 17.6. The first-order valence-corrected chi connectivity index (χ1v) is 9.36. The first kappa shape index (κ1) is 16.6. The second-order valence-corrected chi connectivity index (χ2v) is 7.88. The van der Waals surface area contributed by atoms with Crippen molar-refractivity contribution in [1.82, 2.24) is 14.7 Å². The molecule has 5 heteroatoms. The molecule has 0 bridgehead atoms. The maximum absolute atomic E-state index is 12.7. The Morgan fingerprint density at radius 1 is 1.20 bits per heavy atom. The van der Waals surface area contributed by atoms with Gasteiger partial charge >= 0.3 is 0 Å². The number of carbonyl (C=O) groups excluding carboxylic acids is 2. The summed E-state index contributed by atoms with van der Waals surface area (Å²) in [6.45, 7) is 5.86. The van der Waals surface area contributed by atoms with Crippen molar-refractivity contribution in [1.29, 1.82) is 0 Å². The van der Waals surface area contributed by atoms with E-state index < -0.39 is 0 Å². The van der Waals surface area contributed by atoms with E-state index in [2.05, 4.69) is 43.1 Å². The van der Waals surface area contributed by atoms with Crippen LogP contribution in [0.4, 0.5) is 0 Å². The van der Waals surface area contributed by atoms with Gasteiger partial charge in [-0.05, 0) is 37.4 Å². The SMILES string of the molecule is Cc1ccccc1[C@@H]1[C@@H]2CN(C(=O)CN3CCCC3=O)C[C@@H]2CN1C. The van der Waals surface area contributed by atoms with Gasteiger partial charge in [-0.25, -0.2) is 0 Å². The molecule has 2 amide bonds. The lowest BCUT2D eigenvalue weighted by Crippen LogP contribution is -2.41. The Morgan fingerprint density at radius 3 is 2.72 bits per heavy atom. The second-order valence-electron chi connectivity index (χ2n) is 7.88. The van der Waals surface area contributed by atoms with Gasteiger partial charge in [0.2, 0.25) is 11.8 Å². The van der Waals surface area contributed by atoms with E-state index in [0.29, 0.717) is 24.3 Å². The Bertz CT molecular complexity index is 689. The summed E-state index contributed by atoms with van der Waals surface area (Å²) in [6.07, 6.45) is 1.48. The highest BCUT2D eigenvalue weighted by molar-refractivity contribution is 5.86. The zero-order valence-electron chi connectivity index (χ0n) is 15.1. The Balaban J connectivity index is 1.47. The van der Waals surface area contributed by atoms with E-state index in [0.717, 1.165) is 32.6 Å². The molecule has 0 aromatic heterocycles. The minimum Gasteiger partial charge on any atom is -0.340 e. The Morgan fingerprint density at radius 2 is 2.00 bits per heavy atom. The Kier molecular flexibility index (Phi) is 4.28. The largest absolute Gasteiger partial charge is 0.340 e. The molecule has 1 aromatic carbocycles. The molecule has 3 saturated heterocycles. The van der Waals surface area contributed by atoms with Gasteiger partial charge in [-0.3, -0.25) is 14.5 Å². The molecule has 4 rings (SSSR count). The zero-order valence-corrected chi connectivity index (χ0v) is 15.1. The van der Waals surface area contributed by atoms with Gasteiger partial charge < -0.3 is 9.80 Å². The maximum atomic E-state index is 12.7. The van der Waals surface area contributed by atoms with Crippen LogP contribution in [-0.4, -0.2) is 66.3 Å². The van der Waals surface area contributed by atoms with E-state index in [4.69, 9.17) is 0 Å². The van der Waals surface area contributed by atoms with Gasteiger partial charge in [-0.2, -0.15) is 0 Å². The van der Waals surface area contributed by atoms with E-state index in [-0.39, 0.29) is 18.4 Å². The summed E-state index contributed by atoms with van der Waals surface area (Å²) in [7, 11) is 2.20. The highest BCUT2D eigenvalue weighted by atomic mass is 16.2. The molecule has 0 aliphatic carbocycles. The Labute approximate surface area is 149 Å². The van der Waals surface area contributed by atoms with Gasteiger partial charge in [0, 0.05) is 44.6 Å². The molecule has 0 N–H and O–H groups in total. The van der Waals surface area contributed by atoms with Gasteiger partial charge in [0.25, 0.3) is 0 Å². The van der Waals surface area contributed by atoms with Crippen LogP contribution < -0.4 is 0 Å². The van der Waals surface area contributed by atoms with Crippen molar-refractivity contribution in [3.05, 3.63) is 35.4 Å². The summed E-state index contributed by atoms with van der Waals surface area (Å²) in [5.41, 5.74) is 2.72.